The number of aromatic amines is 1. The maximum Gasteiger partial charge on any atom is 0.274 e. The normalized spacial score (nSPS) is 15.4. The molecule has 0 bridgehead atoms. The van der Waals surface area contributed by atoms with E-state index >= 15 is 0 Å². The van der Waals surface area contributed by atoms with Crippen molar-refractivity contribution >= 4 is 17.6 Å². The molecule has 2 heterocycles. The monoisotopic (exact) mass is 391 g/mol. The molecule has 7 nitrogen and oxygen atoms in total. The Labute approximate surface area is 168 Å². The summed E-state index contributed by atoms with van der Waals surface area (Å²) in [5.41, 5.74) is 0. The maximum atomic E-state index is 12.3. The van der Waals surface area contributed by atoms with Crippen molar-refractivity contribution in [1.29, 1.82) is 0 Å². The van der Waals surface area contributed by atoms with Gasteiger partial charge in [0.15, 0.2) is 0 Å². The van der Waals surface area contributed by atoms with Gasteiger partial charge in [-0.2, -0.15) is 0 Å². The smallest absolute Gasteiger partial charge is 0.274 e. The minimum Gasteiger partial charge on any atom is -0.362 e. The zero-order valence-electron chi connectivity index (χ0n) is 17.3. The van der Waals surface area contributed by atoms with Crippen LogP contribution in [0.25, 0.3) is 0 Å². The van der Waals surface area contributed by atoms with Crippen LogP contribution in [-0.2, 0) is 14.3 Å². The molecule has 1 aromatic rings. The summed E-state index contributed by atoms with van der Waals surface area (Å²) < 4.78 is 5.35. The average molecular weight is 392 g/mol. The molecule has 2 rings (SSSR count). The second-order valence-corrected chi connectivity index (χ2v) is 7.33. The number of hydrogen-bond acceptors (Lipinski definition) is 4. The Kier molecular flexibility index (Phi) is 9.76. The van der Waals surface area contributed by atoms with Gasteiger partial charge in [0, 0.05) is 12.6 Å². The van der Waals surface area contributed by atoms with Crippen molar-refractivity contribution in [3.8, 4) is 0 Å². The molecule has 1 saturated heterocycles. The van der Waals surface area contributed by atoms with Crippen molar-refractivity contribution < 1.29 is 19.3 Å². The first-order valence-electron chi connectivity index (χ1n) is 10.5. The lowest BCUT2D eigenvalue weighted by molar-refractivity contribution is -0.364. The van der Waals surface area contributed by atoms with Crippen molar-refractivity contribution in [2.75, 3.05) is 50.8 Å². The first kappa shape index (κ1) is 22.1. The molecule has 0 aliphatic carbocycles. The summed E-state index contributed by atoms with van der Waals surface area (Å²) in [7, 11) is 0. The van der Waals surface area contributed by atoms with E-state index in [0.717, 1.165) is 31.7 Å². The summed E-state index contributed by atoms with van der Waals surface area (Å²) in [6.07, 6.45) is 6.46. The maximum absolute atomic E-state index is 12.3. The van der Waals surface area contributed by atoms with Gasteiger partial charge in [-0.15, -0.1) is 0 Å². The number of ether oxygens (including phenoxy) is 1. The van der Waals surface area contributed by atoms with Crippen LogP contribution in [-0.4, -0.2) is 62.7 Å². The van der Waals surface area contributed by atoms with Gasteiger partial charge in [-0.05, 0) is 18.4 Å². The Hall–Kier alpha value is -2.15. The molecule has 2 amide bonds. The fourth-order valence-electron chi connectivity index (χ4n) is 3.35. The van der Waals surface area contributed by atoms with Crippen LogP contribution >= 0.6 is 0 Å². The predicted octanol–water partition coefficient (Wildman–Crippen LogP) is 1.50. The van der Waals surface area contributed by atoms with Crippen LogP contribution in [0.2, 0.25) is 0 Å². The number of H-pyrrole nitrogens is 1. The molecular weight excluding hydrogens is 356 g/mol. The van der Waals surface area contributed by atoms with E-state index < -0.39 is 0 Å². The van der Waals surface area contributed by atoms with Gasteiger partial charge < -0.3 is 15.0 Å². The Morgan fingerprint density at radius 1 is 1.18 bits per heavy atom. The topological polar surface area (TPSA) is 76.0 Å². The molecule has 1 aromatic heterocycles. The first-order valence-corrected chi connectivity index (χ1v) is 10.5. The minimum atomic E-state index is -0.146. The fourth-order valence-corrected chi connectivity index (χ4v) is 3.35. The molecule has 0 radical (unpaired) electrons. The molecule has 0 spiro atoms. The van der Waals surface area contributed by atoms with Gasteiger partial charge >= 0.3 is 0 Å². The molecule has 156 valence electrons. The number of anilines is 1. The van der Waals surface area contributed by atoms with Crippen LogP contribution in [0, 0.1) is 5.92 Å². The third kappa shape index (κ3) is 7.46. The number of unbranched alkanes of at least 4 members (excludes halogenated alkanes) is 1. The van der Waals surface area contributed by atoms with E-state index in [-0.39, 0.29) is 25.0 Å². The second kappa shape index (κ2) is 12.3. The predicted molar refractivity (Wildman–Crippen MR) is 109 cm³/mol. The van der Waals surface area contributed by atoms with Gasteiger partial charge in [0.05, 0.1) is 19.3 Å². The van der Waals surface area contributed by atoms with Gasteiger partial charge in [0.25, 0.3) is 5.82 Å². The van der Waals surface area contributed by atoms with Crippen molar-refractivity contribution in [1.82, 2.24) is 10.2 Å². The first-order chi connectivity index (χ1) is 13.6. The summed E-state index contributed by atoms with van der Waals surface area (Å²) in [5.74, 6) is 1.38. The Morgan fingerprint density at radius 3 is 2.61 bits per heavy atom. The van der Waals surface area contributed by atoms with E-state index in [1.807, 2.05) is 24.4 Å². The van der Waals surface area contributed by atoms with E-state index in [9.17, 15) is 9.59 Å². The SMILES string of the molecule is CCCC[C@H](CC)CNC(=O)COCC(=O)N1CCN(c2cccc[nH+]2)CC1. The number of nitrogens with zero attached hydrogens (tertiary/aromatic N) is 2. The number of pyridine rings is 1. The van der Waals surface area contributed by atoms with E-state index in [1.165, 1.54) is 12.8 Å². The molecule has 1 aliphatic rings. The highest BCUT2D eigenvalue weighted by Gasteiger charge is 2.26. The van der Waals surface area contributed by atoms with Gasteiger partial charge in [0.1, 0.15) is 26.3 Å². The van der Waals surface area contributed by atoms with Crippen LogP contribution < -0.4 is 15.2 Å². The highest BCUT2D eigenvalue weighted by molar-refractivity contribution is 5.79. The van der Waals surface area contributed by atoms with E-state index in [1.54, 1.807) is 4.90 Å². The Balaban J connectivity index is 1.60. The number of aromatic nitrogens is 1. The van der Waals surface area contributed by atoms with Gasteiger partial charge in [0.2, 0.25) is 11.8 Å². The standard InChI is InChI=1S/C21H34N4O3/c1-3-5-8-18(4-2)15-23-20(26)16-28-17-21(27)25-13-11-24(12-14-25)19-9-6-7-10-22-19/h6-7,9-10,18H,3-5,8,11-17H2,1-2H3,(H,23,26)/p+1/t18-/m0/s1. The summed E-state index contributed by atoms with van der Waals surface area (Å²) in [4.78, 5) is 31.5. The molecule has 1 atom stereocenters. The van der Waals surface area contributed by atoms with Gasteiger partial charge in [-0.25, -0.2) is 4.98 Å². The second-order valence-electron chi connectivity index (χ2n) is 7.33. The summed E-state index contributed by atoms with van der Waals surface area (Å²) in [6.45, 7) is 7.79. The van der Waals surface area contributed by atoms with E-state index in [2.05, 4.69) is 29.0 Å². The van der Waals surface area contributed by atoms with Crippen LogP contribution in [0.1, 0.15) is 39.5 Å². The number of piperazine rings is 1. The number of hydrogen-bond donors (Lipinski definition) is 1. The number of amides is 2. The molecule has 2 N–H and O–H groups in total. The van der Waals surface area contributed by atoms with Crippen molar-refractivity contribution in [2.45, 2.75) is 39.5 Å². The van der Waals surface area contributed by atoms with Gasteiger partial charge in [-0.3, -0.25) is 14.5 Å². The average Bonchev–Trinajstić information content (AvgIpc) is 2.74. The number of carbonyl (C=O) groups is 2. The number of rotatable bonds is 11. The molecule has 0 unspecified atom stereocenters. The summed E-state index contributed by atoms with van der Waals surface area (Å²) >= 11 is 0. The van der Waals surface area contributed by atoms with Crippen molar-refractivity contribution in [3.05, 3.63) is 24.4 Å². The number of nitrogens with one attached hydrogen (secondary N) is 2. The Bertz CT molecular complexity index is 589. The van der Waals surface area contributed by atoms with E-state index in [0.29, 0.717) is 25.6 Å². The van der Waals surface area contributed by atoms with Crippen LogP contribution in [0.3, 0.4) is 0 Å². The minimum absolute atomic E-state index is 0.0437. The number of carbonyl (C=O) groups excluding carboxylic acids is 2. The molecule has 0 aromatic carbocycles. The highest BCUT2D eigenvalue weighted by Crippen LogP contribution is 2.11. The Morgan fingerprint density at radius 2 is 1.96 bits per heavy atom. The lowest BCUT2D eigenvalue weighted by atomic mass is 9.99. The lowest BCUT2D eigenvalue weighted by Gasteiger charge is -2.30. The molecule has 0 saturated carbocycles. The largest absolute Gasteiger partial charge is 0.362 e. The molecule has 1 fully saturated rings. The van der Waals surface area contributed by atoms with Crippen molar-refractivity contribution in [2.24, 2.45) is 5.92 Å². The molecule has 1 aliphatic heterocycles. The third-order valence-corrected chi connectivity index (χ3v) is 5.26. The van der Waals surface area contributed by atoms with Gasteiger partial charge in [-0.1, -0.05) is 39.2 Å². The van der Waals surface area contributed by atoms with Crippen molar-refractivity contribution in [3.63, 3.8) is 0 Å². The van der Waals surface area contributed by atoms with Crippen LogP contribution in [0.4, 0.5) is 5.82 Å². The highest BCUT2D eigenvalue weighted by atomic mass is 16.5. The van der Waals surface area contributed by atoms with Crippen LogP contribution in [0.5, 0.6) is 0 Å². The molecule has 28 heavy (non-hydrogen) atoms. The van der Waals surface area contributed by atoms with E-state index in [4.69, 9.17) is 4.74 Å². The molecule has 7 heteroatoms. The summed E-state index contributed by atoms with van der Waals surface area (Å²) in [5, 5.41) is 2.92. The lowest BCUT2D eigenvalue weighted by Crippen LogP contribution is -2.51. The zero-order chi connectivity index (χ0) is 20.2. The fraction of sp³-hybridized carbons (Fsp3) is 0.667. The summed E-state index contributed by atoms with van der Waals surface area (Å²) in [6, 6.07) is 5.98. The zero-order valence-corrected chi connectivity index (χ0v) is 17.3. The quantitative estimate of drug-likeness (QED) is 0.620. The third-order valence-electron chi connectivity index (χ3n) is 5.26. The van der Waals surface area contributed by atoms with Crippen LogP contribution in [0.15, 0.2) is 24.4 Å². The molecular formula is C21H35N4O3+.